The Labute approximate surface area is 98.4 Å². The maximum Gasteiger partial charge on any atom is 0.277 e. The van der Waals surface area contributed by atoms with Crippen LogP contribution >= 0.6 is 0 Å². The average Bonchev–Trinajstić information content (AvgIpc) is 2.81. The molecule has 0 radical (unpaired) electrons. The Morgan fingerprint density at radius 1 is 1.38 bits per heavy atom. The normalized spacial score (nSPS) is 19.8. The van der Waals surface area contributed by atoms with Crippen molar-refractivity contribution in [2.24, 2.45) is 11.1 Å². The van der Waals surface area contributed by atoms with Crippen molar-refractivity contribution in [3.05, 3.63) is 0 Å². The van der Waals surface area contributed by atoms with Gasteiger partial charge in [-0.1, -0.05) is 20.8 Å². The van der Waals surface area contributed by atoms with Crippen LogP contribution in [0.3, 0.4) is 0 Å². The molecule has 0 aromatic carbocycles. The van der Waals surface area contributed by atoms with Crippen molar-refractivity contribution in [1.29, 1.82) is 0 Å². The van der Waals surface area contributed by atoms with Crippen LogP contribution < -0.4 is 15.2 Å². The third kappa shape index (κ3) is 6.42. The Kier molecular flexibility index (Phi) is 4.34. The van der Waals surface area contributed by atoms with Crippen LogP contribution in [0.1, 0.15) is 40.0 Å². The summed E-state index contributed by atoms with van der Waals surface area (Å²) in [4.78, 5) is 0. The summed E-state index contributed by atoms with van der Waals surface area (Å²) < 4.78 is 28.0. The van der Waals surface area contributed by atoms with E-state index in [1.807, 2.05) is 0 Å². The molecule has 1 atom stereocenters. The third-order valence-corrected chi connectivity index (χ3v) is 3.50. The maximum atomic E-state index is 11.5. The van der Waals surface area contributed by atoms with Crippen LogP contribution in [0.4, 0.5) is 0 Å². The van der Waals surface area contributed by atoms with Gasteiger partial charge in [0.25, 0.3) is 10.2 Å². The van der Waals surface area contributed by atoms with Crippen LogP contribution in [0, 0.1) is 5.41 Å². The minimum Gasteiger partial charge on any atom is -0.326 e. The first-order valence-electron chi connectivity index (χ1n) is 5.70. The molecule has 0 heterocycles. The topological polar surface area (TPSA) is 84.2 Å². The Morgan fingerprint density at radius 2 is 1.94 bits per heavy atom. The van der Waals surface area contributed by atoms with Gasteiger partial charge in [0.05, 0.1) is 0 Å². The predicted molar refractivity (Wildman–Crippen MR) is 65.1 cm³/mol. The maximum absolute atomic E-state index is 11.5. The molecule has 96 valence electrons. The van der Waals surface area contributed by atoms with Crippen LogP contribution in [0.15, 0.2) is 0 Å². The van der Waals surface area contributed by atoms with Gasteiger partial charge in [-0.05, 0) is 24.7 Å². The molecule has 1 aliphatic rings. The lowest BCUT2D eigenvalue weighted by Gasteiger charge is -2.23. The fourth-order valence-corrected chi connectivity index (χ4v) is 2.73. The minimum absolute atomic E-state index is 0.120. The molecule has 6 heteroatoms. The fraction of sp³-hybridized carbons (Fsp3) is 1.00. The Balaban J connectivity index is 2.27. The Hall–Kier alpha value is -0.170. The van der Waals surface area contributed by atoms with Crippen LogP contribution in [-0.2, 0) is 10.2 Å². The van der Waals surface area contributed by atoms with Crippen LogP contribution in [0.25, 0.3) is 0 Å². The van der Waals surface area contributed by atoms with Crippen molar-refractivity contribution in [2.45, 2.75) is 52.1 Å². The summed E-state index contributed by atoms with van der Waals surface area (Å²) in [6, 6.07) is -0.00730. The number of rotatable bonds is 6. The van der Waals surface area contributed by atoms with E-state index in [4.69, 9.17) is 5.73 Å². The standard InChI is InChI=1S/C10H23N3O2S/c1-10(2,3)6-8(11)7-12-16(14,15)13-9-4-5-9/h8-9,12-13H,4-7,11H2,1-3H3. The van der Waals surface area contributed by atoms with Gasteiger partial charge in [-0.2, -0.15) is 13.1 Å². The van der Waals surface area contributed by atoms with Crippen molar-refractivity contribution in [2.75, 3.05) is 6.54 Å². The molecule has 1 saturated carbocycles. The molecule has 0 aliphatic heterocycles. The van der Waals surface area contributed by atoms with Crippen molar-refractivity contribution in [1.82, 2.24) is 9.44 Å². The lowest BCUT2D eigenvalue weighted by atomic mass is 9.88. The number of hydrogen-bond acceptors (Lipinski definition) is 3. The molecule has 4 N–H and O–H groups in total. The van der Waals surface area contributed by atoms with Gasteiger partial charge in [-0.25, -0.2) is 4.72 Å². The quantitative estimate of drug-likeness (QED) is 0.634. The van der Waals surface area contributed by atoms with Gasteiger partial charge >= 0.3 is 0 Å². The largest absolute Gasteiger partial charge is 0.326 e. The molecule has 0 bridgehead atoms. The van der Waals surface area contributed by atoms with E-state index in [2.05, 4.69) is 30.2 Å². The molecule has 16 heavy (non-hydrogen) atoms. The van der Waals surface area contributed by atoms with E-state index in [1.54, 1.807) is 0 Å². The summed E-state index contributed by atoms with van der Waals surface area (Å²) in [6.45, 7) is 6.55. The fourth-order valence-electron chi connectivity index (χ4n) is 1.54. The molecule has 1 rings (SSSR count). The molecule has 1 aliphatic carbocycles. The van der Waals surface area contributed by atoms with Crippen LogP contribution in [0.5, 0.6) is 0 Å². The number of nitrogens with one attached hydrogen (secondary N) is 2. The van der Waals surface area contributed by atoms with E-state index in [0.717, 1.165) is 19.3 Å². The second-order valence-corrected chi connectivity index (χ2v) is 7.30. The molecule has 5 nitrogen and oxygen atoms in total. The summed E-state index contributed by atoms with van der Waals surface area (Å²) >= 11 is 0. The van der Waals surface area contributed by atoms with E-state index in [1.165, 1.54) is 0 Å². The van der Waals surface area contributed by atoms with Crippen LogP contribution in [0.2, 0.25) is 0 Å². The molecule has 1 unspecified atom stereocenters. The van der Waals surface area contributed by atoms with Crippen molar-refractivity contribution in [3.8, 4) is 0 Å². The minimum atomic E-state index is -3.35. The second-order valence-electron chi connectivity index (χ2n) is 5.77. The highest BCUT2D eigenvalue weighted by atomic mass is 32.2. The van der Waals surface area contributed by atoms with Gasteiger partial charge in [0.15, 0.2) is 0 Å². The smallest absolute Gasteiger partial charge is 0.277 e. The molecular formula is C10H23N3O2S. The van der Waals surface area contributed by atoms with Gasteiger partial charge in [-0.15, -0.1) is 0 Å². The number of nitrogens with two attached hydrogens (primary N) is 1. The Bertz CT molecular complexity index is 317. The third-order valence-electron chi connectivity index (χ3n) is 2.31. The van der Waals surface area contributed by atoms with E-state index >= 15 is 0 Å². The second kappa shape index (κ2) is 5.00. The SMILES string of the molecule is CC(C)(C)CC(N)CNS(=O)(=O)NC1CC1. The molecule has 0 aromatic heterocycles. The van der Waals surface area contributed by atoms with Crippen LogP contribution in [-0.4, -0.2) is 27.0 Å². The zero-order valence-corrected chi connectivity index (χ0v) is 11.1. The first kappa shape index (κ1) is 13.9. The highest BCUT2D eigenvalue weighted by Gasteiger charge is 2.27. The first-order chi connectivity index (χ1) is 7.18. The molecule has 0 spiro atoms. The van der Waals surface area contributed by atoms with E-state index < -0.39 is 10.2 Å². The zero-order chi connectivity index (χ0) is 12.4. The lowest BCUT2D eigenvalue weighted by Crippen LogP contribution is -2.44. The first-order valence-corrected chi connectivity index (χ1v) is 7.19. The predicted octanol–water partition coefficient (Wildman–Crippen LogP) is 0.336. The van der Waals surface area contributed by atoms with Crippen molar-refractivity contribution in [3.63, 3.8) is 0 Å². The zero-order valence-electron chi connectivity index (χ0n) is 10.3. The van der Waals surface area contributed by atoms with Gasteiger partial charge in [0, 0.05) is 18.6 Å². The van der Waals surface area contributed by atoms with Gasteiger partial charge in [0.1, 0.15) is 0 Å². The average molecular weight is 249 g/mol. The molecule has 1 fully saturated rings. The molecule has 0 amide bonds. The van der Waals surface area contributed by atoms with E-state index in [9.17, 15) is 8.42 Å². The molecular weight excluding hydrogens is 226 g/mol. The summed E-state index contributed by atoms with van der Waals surface area (Å²) in [6.07, 6.45) is 2.67. The van der Waals surface area contributed by atoms with Gasteiger partial charge in [0.2, 0.25) is 0 Å². The van der Waals surface area contributed by atoms with E-state index in [-0.39, 0.29) is 17.5 Å². The van der Waals surface area contributed by atoms with Gasteiger partial charge < -0.3 is 5.73 Å². The Morgan fingerprint density at radius 3 is 2.38 bits per heavy atom. The number of hydrogen-bond donors (Lipinski definition) is 3. The van der Waals surface area contributed by atoms with Crippen molar-refractivity contribution >= 4 is 10.2 Å². The summed E-state index contributed by atoms with van der Waals surface area (Å²) in [5.74, 6) is 0. The summed E-state index contributed by atoms with van der Waals surface area (Å²) in [7, 11) is -3.35. The molecule has 0 saturated heterocycles. The highest BCUT2D eigenvalue weighted by Crippen LogP contribution is 2.20. The lowest BCUT2D eigenvalue weighted by molar-refractivity contribution is 0.338. The highest BCUT2D eigenvalue weighted by molar-refractivity contribution is 7.87. The summed E-state index contributed by atoms with van der Waals surface area (Å²) in [5.41, 5.74) is 5.98. The monoisotopic (exact) mass is 249 g/mol. The molecule has 0 aromatic rings. The summed E-state index contributed by atoms with van der Waals surface area (Å²) in [5, 5.41) is 0. The van der Waals surface area contributed by atoms with E-state index in [0.29, 0.717) is 6.54 Å². The van der Waals surface area contributed by atoms with Gasteiger partial charge in [-0.3, -0.25) is 0 Å². The van der Waals surface area contributed by atoms with Crippen molar-refractivity contribution < 1.29 is 8.42 Å².